The Bertz CT molecular complexity index is 2340. The third kappa shape index (κ3) is 5.91. The number of halogens is 8. The first-order valence-electron chi connectivity index (χ1n) is 15.8. The van der Waals surface area contributed by atoms with Crippen LogP contribution in [0.3, 0.4) is 0 Å². The van der Waals surface area contributed by atoms with Gasteiger partial charge in [-0.05, 0) is 82.2 Å². The predicted molar refractivity (Wildman–Crippen MR) is 188 cm³/mol. The van der Waals surface area contributed by atoms with Gasteiger partial charge in [-0.25, -0.2) is 35.1 Å². The van der Waals surface area contributed by atoms with Crippen molar-refractivity contribution in [1.29, 1.82) is 0 Å². The quantitative estimate of drug-likeness (QED) is 0.125. The standard InChI is InChI=1S/C42H22F8N2/c43-23-9-24(44)14-31(13-23)51(32-15-25(45)10-26(46)16-32)41-22-40-36-6-2-4-8-38(36)42(21-39(40)35-5-1-3-7-37(35)41)52(33-17-27(47)11-28(48)18-33)34-19-29(49)12-30(50)20-34/h1-22H. The monoisotopic (exact) mass is 706 g/mol. The second-order valence-corrected chi connectivity index (χ2v) is 12.2. The minimum absolute atomic E-state index is 0.0552. The molecule has 0 spiro atoms. The highest BCUT2D eigenvalue weighted by Gasteiger charge is 2.24. The number of hydrogen-bond acceptors (Lipinski definition) is 2. The van der Waals surface area contributed by atoms with E-state index in [1.807, 2.05) is 0 Å². The zero-order chi connectivity index (χ0) is 36.3. The molecule has 0 fully saturated rings. The van der Waals surface area contributed by atoms with Crippen molar-refractivity contribution in [3.05, 3.63) is 180 Å². The highest BCUT2D eigenvalue weighted by Crippen LogP contribution is 2.48. The minimum atomic E-state index is -0.917. The molecule has 10 heteroatoms. The average Bonchev–Trinajstić information content (AvgIpc) is 3.07. The van der Waals surface area contributed by atoms with E-state index in [1.165, 1.54) is 9.80 Å². The molecule has 0 unspecified atom stereocenters. The van der Waals surface area contributed by atoms with Crippen LogP contribution in [0, 0.1) is 46.5 Å². The molecule has 0 N–H and O–H groups in total. The first kappa shape index (κ1) is 32.8. The van der Waals surface area contributed by atoms with E-state index in [0.29, 0.717) is 68.0 Å². The summed E-state index contributed by atoms with van der Waals surface area (Å²) in [5.41, 5.74) is 0.404. The SMILES string of the molecule is Fc1cc(F)cc(N(c2cc(F)cc(F)c2)c2cc3c4ccccc4c(N(c4cc(F)cc(F)c4)c4cc(F)cc(F)c4)cc3c3ccccc23)c1. The Kier molecular flexibility index (Phi) is 8.02. The summed E-state index contributed by atoms with van der Waals surface area (Å²) in [6.07, 6.45) is 0. The van der Waals surface area contributed by atoms with Crippen LogP contribution in [0.4, 0.5) is 69.2 Å². The van der Waals surface area contributed by atoms with Crippen LogP contribution in [0.1, 0.15) is 0 Å². The van der Waals surface area contributed by atoms with Gasteiger partial charge in [0, 0.05) is 35.0 Å². The number of hydrogen-bond donors (Lipinski definition) is 0. The smallest absolute Gasteiger partial charge is 0.128 e. The van der Waals surface area contributed by atoms with Crippen LogP contribution in [0.2, 0.25) is 0 Å². The number of rotatable bonds is 6. The van der Waals surface area contributed by atoms with Gasteiger partial charge in [-0.1, -0.05) is 48.5 Å². The van der Waals surface area contributed by atoms with Crippen molar-refractivity contribution in [3.8, 4) is 0 Å². The molecule has 0 aliphatic heterocycles. The van der Waals surface area contributed by atoms with Crippen molar-refractivity contribution in [3.63, 3.8) is 0 Å². The van der Waals surface area contributed by atoms with Crippen LogP contribution in [-0.4, -0.2) is 0 Å². The molecule has 0 aliphatic carbocycles. The largest absolute Gasteiger partial charge is 0.309 e. The van der Waals surface area contributed by atoms with Gasteiger partial charge in [-0.3, -0.25) is 0 Å². The second kappa shape index (κ2) is 12.7. The van der Waals surface area contributed by atoms with Crippen molar-refractivity contribution in [1.82, 2.24) is 0 Å². The Morgan fingerprint density at radius 1 is 0.250 bits per heavy atom. The highest BCUT2D eigenvalue weighted by atomic mass is 19.2. The fraction of sp³-hybridized carbons (Fsp3) is 0. The lowest BCUT2D eigenvalue weighted by molar-refractivity contribution is 0.581. The van der Waals surface area contributed by atoms with Gasteiger partial charge < -0.3 is 9.80 Å². The van der Waals surface area contributed by atoms with Crippen LogP contribution in [0.5, 0.6) is 0 Å². The Balaban J connectivity index is 1.49. The van der Waals surface area contributed by atoms with Crippen molar-refractivity contribution >= 4 is 66.4 Å². The number of benzene rings is 8. The molecule has 0 saturated heterocycles. The van der Waals surface area contributed by atoms with Crippen LogP contribution in [0.15, 0.2) is 133 Å². The average molecular weight is 707 g/mol. The molecule has 0 heterocycles. The van der Waals surface area contributed by atoms with E-state index in [4.69, 9.17) is 0 Å². The van der Waals surface area contributed by atoms with Gasteiger partial charge in [-0.2, -0.15) is 0 Å². The van der Waals surface area contributed by atoms with Gasteiger partial charge in [-0.15, -0.1) is 0 Å². The van der Waals surface area contributed by atoms with Gasteiger partial charge in [0.05, 0.1) is 34.1 Å². The summed E-state index contributed by atoms with van der Waals surface area (Å²) in [6.45, 7) is 0. The summed E-state index contributed by atoms with van der Waals surface area (Å²) in [7, 11) is 0. The summed E-state index contributed by atoms with van der Waals surface area (Å²) in [6, 6.07) is 28.4. The number of anilines is 6. The lowest BCUT2D eigenvalue weighted by Crippen LogP contribution is -2.13. The van der Waals surface area contributed by atoms with Crippen LogP contribution < -0.4 is 9.80 Å². The van der Waals surface area contributed by atoms with Gasteiger partial charge in [0.25, 0.3) is 0 Å². The summed E-state index contributed by atoms with van der Waals surface area (Å²) < 4.78 is 118. The van der Waals surface area contributed by atoms with Gasteiger partial charge in [0.2, 0.25) is 0 Å². The van der Waals surface area contributed by atoms with Crippen molar-refractivity contribution in [2.75, 3.05) is 9.80 Å². The van der Waals surface area contributed by atoms with Crippen molar-refractivity contribution < 1.29 is 35.1 Å². The molecular formula is C42H22F8N2. The molecule has 8 aromatic rings. The molecule has 0 atom stereocenters. The van der Waals surface area contributed by atoms with E-state index in [1.54, 1.807) is 60.7 Å². The summed E-state index contributed by atoms with van der Waals surface area (Å²) >= 11 is 0. The molecule has 0 bridgehead atoms. The third-order valence-corrected chi connectivity index (χ3v) is 8.74. The first-order chi connectivity index (χ1) is 25.0. The van der Waals surface area contributed by atoms with E-state index in [0.717, 1.165) is 48.5 Å². The Hall–Kier alpha value is -6.42. The molecule has 0 aliphatic rings. The minimum Gasteiger partial charge on any atom is -0.309 e. The molecule has 8 aromatic carbocycles. The maximum atomic E-state index is 14.7. The lowest BCUT2D eigenvalue weighted by atomic mass is 9.93. The van der Waals surface area contributed by atoms with Crippen molar-refractivity contribution in [2.24, 2.45) is 0 Å². The molecule has 0 amide bonds. The molecule has 256 valence electrons. The zero-order valence-electron chi connectivity index (χ0n) is 26.6. The molecule has 8 rings (SSSR count). The highest BCUT2D eigenvalue weighted by molar-refractivity contribution is 6.24. The molecule has 0 radical (unpaired) electrons. The fourth-order valence-electron chi connectivity index (χ4n) is 6.81. The first-order valence-corrected chi connectivity index (χ1v) is 15.8. The molecule has 52 heavy (non-hydrogen) atoms. The number of fused-ring (bicyclic) bond motifs is 5. The summed E-state index contributed by atoms with van der Waals surface area (Å²) in [4.78, 5) is 2.69. The van der Waals surface area contributed by atoms with E-state index < -0.39 is 46.5 Å². The van der Waals surface area contributed by atoms with Crippen LogP contribution in [-0.2, 0) is 0 Å². The molecule has 2 nitrogen and oxygen atoms in total. The third-order valence-electron chi connectivity index (χ3n) is 8.74. The molecular weight excluding hydrogens is 684 g/mol. The predicted octanol–water partition coefficient (Wildman–Crippen LogP) is 13.2. The van der Waals surface area contributed by atoms with E-state index in [-0.39, 0.29) is 22.7 Å². The number of nitrogens with zero attached hydrogens (tertiary/aromatic N) is 2. The Morgan fingerprint density at radius 3 is 0.731 bits per heavy atom. The second-order valence-electron chi connectivity index (χ2n) is 12.2. The van der Waals surface area contributed by atoms with Gasteiger partial charge in [0.15, 0.2) is 0 Å². The van der Waals surface area contributed by atoms with Crippen LogP contribution in [0.25, 0.3) is 32.3 Å². The van der Waals surface area contributed by atoms with E-state index in [9.17, 15) is 35.1 Å². The van der Waals surface area contributed by atoms with Gasteiger partial charge >= 0.3 is 0 Å². The lowest BCUT2D eigenvalue weighted by Gasteiger charge is -2.30. The Morgan fingerprint density at radius 2 is 0.481 bits per heavy atom. The maximum Gasteiger partial charge on any atom is 0.128 e. The normalized spacial score (nSPS) is 11.5. The summed E-state index contributed by atoms with van der Waals surface area (Å²) in [5, 5.41) is 3.26. The van der Waals surface area contributed by atoms with Crippen molar-refractivity contribution in [2.45, 2.75) is 0 Å². The van der Waals surface area contributed by atoms with E-state index >= 15 is 0 Å². The summed E-state index contributed by atoms with van der Waals surface area (Å²) in [5.74, 6) is -7.34. The maximum absolute atomic E-state index is 14.7. The molecule has 0 saturated carbocycles. The Labute approximate surface area is 291 Å². The molecule has 0 aromatic heterocycles. The van der Waals surface area contributed by atoms with E-state index in [2.05, 4.69) is 0 Å². The van der Waals surface area contributed by atoms with Crippen LogP contribution >= 0.6 is 0 Å². The topological polar surface area (TPSA) is 6.48 Å². The zero-order valence-corrected chi connectivity index (χ0v) is 26.6. The fourth-order valence-corrected chi connectivity index (χ4v) is 6.81. The van der Waals surface area contributed by atoms with Gasteiger partial charge in [0.1, 0.15) is 46.5 Å².